The van der Waals surface area contributed by atoms with E-state index in [1.54, 1.807) is 13.8 Å². The number of rotatable bonds is 13. The molecule has 0 aromatic heterocycles. The van der Waals surface area contributed by atoms with Crippen molar-refractivity contribution in [2.75, 3.05) is 20.3 Å². The van der Waals surface area contributed by atoms with Crippen LogP contribution in [0.2, 0.25) is 0 Å². The maximum atomic E-state index is 12.0. The summed E-state index contributed by atoms with van der Waals surface area (Å²) in [6.45, 7) is 6.26. The average molecular weight is 325 g/mol. The van der Waals surface area contributed by atoms with Crippen molar-refractivity contribution < 1.29 is 28.0 Å². The Balaban J connectivity index is 3.67. The monoisotopic (exact) mass is 325 g/mol. The molecule has 1 atom stereocenters. The van der Waals surface area contributed by atoms with E-state index >= 15 is 0 Å². The third-order valence-corrected chi connectivity index (χ3v) is 3.98. The molecule has 1 amide bonds. The lowest BCUT2D eigenvalue weighted by molar-refractivity contribution is -0.203. The van der Waals surface area contributed by atoms with Gasteiger partial charge >= 0.3 is 7.82 Å². The molecule has 1 N–H and O–H groups in total. The lowest BCUT2D eigenvalue weighted by Gasteiger charge is -2.17. The predicted octanol–water partition coefficient (Wildman–Crippen LogP) is 3.20. The maximum absolute atomic E-state index is 12.0. The number of phosphoric acid groups is 1. The van der Waals surface area contributed by atoms with Gasteiger partial charge < -0.3 is 5.32 Å². The molecule has 0 aromatic carbocycles. The fourth-order valence-electron chi connectivity index (χ4n) is 1.53. The molecule has 21 heavy (non-hydrogen) atoms. The fourth-order valence-corrected chi connectivity index (χ4v) is 2.72. The van der Waals surface area contributed by atoms with Crippen molar-refractivity contribution >= 4 is 13.7 Å². The Morgan fingerprint density at radius 2 is 1.86 bits per heavy atom. The van der Waals surface area contributed by atoms with Crippen molar-refractivity contribution in [3.8, 4) is 0 Å². The third-order valence-electron chi connectivity index (χ3n) is 2.47. The van der Waals surface area contributed by atoms with Crippen LogP contribution >= 0.6 is 7.82 Å². The van der Waals surface area contributed by atoms with Crippen molar-refractivity contribution in [3.63, 3.8) is 0 Å². The second-order valence-electron chi connectivity index (χ2n) is 4.79. The molecule has 0 bridgehead atoms. The zero-order valence-corrected chi connectivity index (χ0v) is 14.3. The molecule has 0 radical (unpaired) electrons. The van der Waals surface area contributed by atoms with Crippen LogP contribution in [0.3, 0.4) is 0 Å². The number of hydrogen-bond acceptors (Lipinski definition) is 6. The maximum Gasteiger partial charge on any atom is 0.502 e. The highest BCUT2D eigenvalue weighted by molar-refractivity contribution is 7.48. The molecule has 0 aliphatic rings. The lowest BCUT2D eigenvalue weighted by Crippen LogP contribution is -2.23. The number of amides is 1. The lowest BCUT2D eigenvalue weighted by atomic mass is 10.2. The van der Waals surface area contributed by atoms with Crippen LogP contribution in [0.4, 0.5) is 0 Å². The van der Waals surface area contributed by atoms with Gasteiger partial charge in [-0.2, -0.15) is 0 Å². The van der Waals surface area contributed by atoms with Crippen molar-refractivity contribution in [3.05, 3.63) is 0 Å². The van der Waals surface area contributed by atoms with Crippen LogP contribution in [0.1, 0.15) is 52.9 Å². The summed E-state index contributed by atoms with van der Waals surface area (Å²) in [5.41, 5.74) is 0. The summed E-state index contributed by atoms with van der Waals surface area (Å²) in [5, 5.41) is 2.81. The van der Waals surface area contributed by atoms with Crippen LogP contribution in [0.5, 0.6) is 0 Å². The van der Waals surface area contributed by atoms with E-state index < -0.39 is 7.82 Å². The molecule has 0 spiro atoms. The minimum Gasteiger partial charge on any atom is -0.356 e. The number of carbonyl (C=O) groups excluding carboxylic acids is 1. The summed E-state index contributed by atoms with van der Waals surface area (Å²) in [5.74, 6) is 0.0711. The Morgan fingerprint density at radius 1 is 1.19 bits per heavy atom. The fraction of sp³-hybridized carbons (Fsp3) is 0.923. The second-order valence-corrected chi connectivity index (χ2v) is 6.31. The molecule has 7 nitrogen and oxygen atoms in total. The van der Waals surface area contributed by atoms with Crippen LogP contribution in [-0.2, 0) is 28.0 Å². The van der Waals surface area contributed by atoms with Gasteiger partial charge in [0, 0.05) is 13.0 Å². The van der Waals surface area contributed by atoms with Gasteiger partial charge in [0.25, 0.3) is 0 Å². The van der Waals surface area contributed by atoms with E-state index in [4.69, 9.17) is 9.05 Å². The van der Waals surface area contributed by atoms with Crippen molar-refractivity contribution in [1.82, 2.24) is 5.32 Å². The summed E-state index contributed by atoms with van der Waals surface area (Å²) in [6.07, 6.45) is 3.76. The minimum absolute atomic E-state index is 0.0711. The van der Waals surface area contributed by atoms with Gasteiger partial charge in [0.05, 0.1) is 19.8 Å². The Hall–Kier alpha value is -0.460. The van der Waals surface area contributed by atoms with Crippen LogP contribution in [0.15, 0.2) is 0 Å². The number of phosphoric ester groups is 1. The zero-order chi connectivity index (χ0) is 16.1. The summed E-state index contributed by atoms with van der Waals surface area (Å²) < 4.78 is 26.9. The molecule has 0 rings (SSSR count). The van der Waals surface area contributed by atoms with Crippen LogP contribution in [-0.4, -0.2) is 32.3 Å². The molecule has 1 unspecified atom stereocenters. The Kier molecular flexibility index (Phi) is 11.9. The molecule has 0 heterocycles. The van der Waals surface area contributed by atoms with Gasteiger partial charge in [-0.25, -0.2) is 9.45 Å². The van der Waals surface area contributed by atoms with E-state index in [0.29, 0.717) is 13.0 Å². The summed E-state index contributed by atoms with van der Waals surface area (Å²) >= 11 is 0. The van der Waals surface area contributed by atoms with E-state index in [-0.39, 0.29) is 18.6 Å². The molecule has 0 saturated heterocycles. The number of unbranched alkanes of at least 4 members (excludes halogenated alkanes) is 3. The molecule has 126 valence electrons. The average Bonchev–Trinajstić information content (AvgIpc) is 2.40. The first kappa shape index (κ1) is 20.5. The molecule has 8 heteroatoms. The topological polar surface area (TPSA) is 83.1 Å². The number of nitrogens with one attached hydrogen (secondary N) is 1. The summed E-state index contributed by atoms with van der Waals surface area (Å²) in [7, 11) is -2.38. The normalized spacial score (nSPS) is 14.1. The van der Waals surface area contributed by atoms with Gasteiger partial charge in [-0.15, -0.1) is 4.67 Å². The van der Waals surface area contributed by atoms with Crippen LogP contribution < -0.4 is 5.32 Å². The van der Waals surface area contributed by atoms with Gasteiger partial charge in [-0.05, 0) is 26.7 Å². The predicted molar refractivity (Wildman–Crippen MR) is 79.6 cm³/mol. The molecule has 0 aliphatic heterocycles. The van der Waals surface area contributed by atoms with Gasteiger partial charge in [0.15, 0.2) is 0 Å². The first-order valence-corrected chi connectivity index (χ1v) is 8.81. The van der Waals surface area contributed by atoms with E-state index in [1.807, 2.05) is 6.92 Å². The number of hydrogen-bond donors (Lipinski definition) is 1. The molecule has 0 aromatic rings. The van der Waals surface area contributed by atoms with Gasteiger partial charge in [-0.3, -0.25) is 13.8 Å². The highest BCUT2D eigenvalue weighted by Crippen LogP contribution is 2.50. The molecular weight excluding hydrogens is 297 g/mol. The quantitative estimate of drug-likeness (QED) is 0.242. The molecule has 0 fully saturated rings. The van der Waals surface area contributed by atoms with Crippen LogP contribution in [0.25, 0.3) is 0 Å². The molecular formula is C13H28NO6P. The van der Waals surface area contributed by atoms with E-state index in [2.05, 4.69) is 14.9 Å². The zero-order valence-electron chi connectivity index (χ0n) is 13.4. The van der Waals surface area contributed by atoms with Crippen molar-refractivity contribution in [1.29, 1.82) is 0 Å². The number of carbonyl (C=O) groups is 1. The third kappa shape index (κ3) is 11.8. The van der Waals surface area contributed by atoms with E-state index in [1.165, 1.54) is 7.11 Å². The minimum atomic E-state index is -3.63. The smallest absolute Gasteiger partial charge is 0.356 e. The SMILES string of the molecule is CCC(=O)NCCCCCCOP(=O)(OOC)OC(C)C. The van der Waals surface area contributed by atoms with Gasteiger partial charge in [0.1, 0.15) is 0 Å². The Labute approximate surface area is 127 Å². The van der Waals surface area contributed by atoms with Crippen molar-refractivity contribution in [2.45, 2.75) is 59.0 Å². The Morgan fingerprint density at radius 3 is 2.43 bits per heavy atom. The standard InChI is InChI=1S/C13H28NO6P/c1-5-13(15)14-10-8-6-7-9-11-18-21(16,20-17-4)19-12(2)3/h12H,5-11H2,1-4H3,(H,14,15). The van der Waals surface area contributed by atoms with Gasteiger partial charge in [-0.1, -0.05) is 19.8 Å². The summed E-state index contributed by atoms with van der Waals surface area (Å²) in [6, 6.07) is 0. The van der Waals surface area contributed by atoms with Crippen LogP contribution in [0, 0.1) is 0 Å². The first-order chi connectivity index (χ1) is 9.93. The van der Waals surface area contributed by atoms with Crippen molar-refractivity contribution in [2.24, 2.45) is 0 Å². The second kappa shape index (κ2) is 12.1. The van der Waals surface area contributed by atoms with Gasteiger partial charge in [0.2, 0.25) is 5.91 Å². The van der Waals surface area contributed by atoms with E-state index in [9.17, 15) is 9.36 Å². The highest BCUT2D eigenvalue weighted by atomic mass is 31.2. The summed E-state index contributed by atoms with van der Waals surface area (Å²) in [4.78, 5) is 15.4. The first-order valence-electron chi connectivity index (χ1n) is 7.35. The Bertz CT molecular complexity index is 324. The largest absolute Gasteiger partial charge is 0.502 e. The van der Waals surface area contributed by atoms with E-state index in [0.717, 1.165) is 25.7 Å². The molecule has 0 saturated carbocycles. The molecule has 0 aliphatic carbocycles. The highest BCUT2D eigenvalue weighted by Gasteiger charge is 2.29.